The third kappa shape index (κ3) is 6.27. The van der Waals surface area contributed by atoms with Crippen molar-refractivity contribution in [2.75, 3.05) is 29.9 Å². The number of rotatable bonds is 7. The van der Waals surface area contributed by atoms with Crippen LogP contribution in [-0.4, -0.2) is 48.9 Å². The number of anilines is 2. The molecule has 2 fully saturated rings. The monoisotopic (exact) mass is 579 g/mol. The molecule has 2 aliphatic heterocycles. The molecule has 10 heteroatoms. The smallest absolute Gasteiger partial charge is 0.387 e. The first kappa shape index (κ1) is 29.2. The van der Waals surface area contributed by atoms with Crippen molar-refractivity contribution in [1.29, 1.82) is 0 Å². The number of hydrogen-bond acceptors (Lipinski definition) is 4. The maximum absolute atomic E-state index is 14.4. The molecule has 2 saturated heterocycles. The van der Waals surface area contributed by atoms with Crippen LogP contribution in [0, 0.1) is 25.6 Å². The van der Waals surface area contributed by atoms with Gasteiger partial charge in [-0.1, -0.05) is 30.3 Å². The average Bonchev–Trinajstić information content (AvgIpc) is 3.34. The highest BCUT2D eigenvalue weighted by Crippen LogP contribution is 2.33. The number of benzene rings is 3. The lowest BCUT2D eigenvalue weighted by molar-refractivity contribution is -0.122. The Bertz CT molecular complexity index is 1470. The predicted octanol–water partition coefficient (Wildman–Crippen LogP) is 6.06. The van der Waals surface area contributed by atoms with Crippen molar-refractivity contribution in [1.82, 2.24) is 4.90 Å². The molecule has 3 aromatic carbocycles. The van der Waals surface area contributed by atoms with Crippen LogP contribution in [0.3, 0.4) is 0 Å². The molecule has 3 amide bonds. The minimum Gasteiger partial charge on any atom is -0.435 e. The molecule has 220 valence electrons. The van der Waals surface area contributed by atoms with Gasteiger partial charge in [0.2, 0.25) is 11.8 Å². The molecule has 1 atom stereocenters. The summed E-state index contributed by atoms with van der Waals surface area (Å²) in [7, 11) is 0. The number of hydrogen-bond donors (Lipinski definition) is 1. The molecule has 2 heterocycles. The lowest BCUT2D eigenvalue weighted by atomic mass is 9.89. The molecule has 2 aliphatic rings. The Balaban J connectivity index is 1.14. The standard InChI is InChI=1S/C32H32F3N3O4/c1-19-4-3-5-20(2)29(19)38-18-23(16-28(38)39)30(40)36-24-8-6-21(7-9-24)22-12-14-37(15-13-22)31(41)26-11-10-25(17-27(26)33)42-32(34)35/h3-11,17,22-23,32H,12-16,18H2,1-2H3,(H,36,40). The minimum atomic E-state index is -3.08. The second-order valence-electron chi connectivity index (χ2n) is 10.8. The number of amides is 3. The zero-order valence-electron chi connectivity index (χ0n) is 23.4. The van der Waals surface area contributed by atoms with Gasteiger partial charge in [-0.25, -0.2) is 4.39 Å². The third-order valence-corrected chi connectivity index (χ3v) is 8.03. The van der Waals surface area contributed by atoms with Gasteiger partial charge in [0.15, 0.2) is 0 Å². The van der Waals surface area contributed by atoms with Crippen molar-refractivity contribution in [2.24, 2.45) is 5.92 Å². The van der Waals surface area contributed by atoms with E-state index < -0.39 is 24.3 Å². The number of likely N-dealkylation sites (tertiary alicyclic amines) is 1. The summed E-state index contributed by atoms with van der Waals surface area (Å²) in [5.41, 5.74) is 4.40. The number of ether oxygens (including phenoxy) is 1. The summed E-state index contributed by atoms with van der Waals surface area (Å²) < 4.78 is 43.3. The molecule has 1 N–H and O–H groups in total. The van der Waals surface area contributed by atoms with Crippen LogP contribution in [-0.2, 0) is 9.59 Å². The molecule has 0 spiro atoms. The third-order valence-electron chi connectivity index (χ3n) is 8.03. The summed E-state index contributed by atoms with van der Waals surface area (Å²) in [4.78, 5) is 41.9. The molecule has 5 rings (SSSR count). The number of nitrogens with zero attached hydrogens (tertiary/aromatic N) is 2. The molecule has 42 heavy (non-hydrogen) atoms. The van der Waals surface area contributed by atoms with E-state index in [4.69, 9.17) is 0 Å². The molecule has 1 unspecified atom stereocenters. The Labute approximate surface area is 242 Å². The van der Waals surface area contributed by atoms with Crippen LogP contribution in [0.1, 0.15) is 52.2 Å². The highest BCUT2D eigenvalue weighted by Gasteiger charge is 2.36. The number of aryl methyl sites for hydroxylation is 2. The van der Waals surface area contributed by atoms with Crippen LogP contribution in [0.15, 0.2) is 60.7 Å². The van der Waals surface area contributed by atoms with E-state index in [0.717, 1.165) is 40.6 Å². The van der Waals surface area contributed by atoms with Gasteiger partial charge in [-0.2, -0.15) is 8.78 Å². The second-order valence-corrected chi connectivity index (χ2v) is 10.8. The number of nitrogens with one attached hydrogen (secondary N) is 1. The van der Waals surface area contributed by atoms with Crippen molar-refractivity contribution >= 4 is 29.1 Å². The van der Waals surface area contributed by atoms with Crippen molar-refractivity contribution in [3.63, 3.8) is 0 Å². The van der Waals surface area contributed by atoms with E-state index in [-0.39, 0.29) is 35.5 Å². The van der Waals surface area contributed by atoms with Gasteiger partial charge in [0.1, 0.15) is 11.6 Å². The van der Waals surface area contributed by atoms with E-state index in [0.29, 0.717) is 38.2 Å². The molecule has 7 nitrogen and oxygen atoms in total. The van der Waals surface area contributed by atoms with Crippen LogP contribution in [0.4, 0.5) is 24.5 Å². The fourth-order valence-corrected chi connectivity index (χ4v) is 5.85. The zero-order valence-corrected chi connectivity index (χ0v) is 23.4. The minimum absolute atomic E-state index is 0.0618. The quantitative estimate of drug-likeness (QED) is 0.370. The number of para-hydroxylation sites is 1. The highest BCUT2D eigenvalue weighted by atomic mass is 19.3. The molecule has 0 aliphatic carbocycles. The van der Waals surface area contributed by atoms with Crippen LogP contribution in [0.2, 0.25) is 0 Å². The van der Waals surface area contributed by atoms with Crippen LogP contribution >= 0.6 is 0 Å². The fourth-order valence-electron chi connectivity index (χ4n) is 5.85. The van der Waals surface area contributed by atoms with Gasteiger partial charge in [-0.05, 0) is 73.6 Å². The predicted molar refractivity (Wildman–Crippen MR) is 152 cm³/mol. The van der Waals surface area contributed by atoms with Gasteiger partial charge in [0.25, 0.3) is 5.91 Å². The lowest BCUT2D eigenvalue weighted by Gasteiger charge is -2.32. The largest absolute Gasteiger partial charge is 0.435 e. The van der Waals surface area contributed by atoms with Gasteiger partial charge in [0.05, 0.1) is 11.5 Å². The molecular weight excluding hydrogens is 547 g/mol. The molecular formula is C32H32F3N3O4. The molecule has 3 aromatic rings. The zero-order chi connectivity index (χ0) is 30.0. The average molecular weight is 580 g/mol. The van der Waals surface area contributed by atoms with E-state index in [9.17, 15) is 27.6 Å². The Hall–Kier alpha value is -4.34. The summed E-state index contributed by atoms with van der Waals surface area (Å²) in [5, 5.41) is 2.94. The summed E-state index contributed by atoms with van der Waals surface area (Å²) in [5.74, 6) is -2.26. The van der Waals surface area contributed by atoms with Crippen molar-refractivity contribution in [3.8, 4) is 5.75 Å². The summed E-state index contributed by atoms with van der Waals surface area (Å²) in [6, 6.07) is 16.5. The first-order valence-corrected chi connectivity index (χ1v) is 13.9. The van der Waals surface area contributed by atoms with E-state index in [1.54, 1.807) is 9.80 Å². The lowest BCUT2D eigenvalue weighted by Crippen LogP contribution is -2.38. The first-order chi connectivity index (χ1) is 20.1. The van der Waals surface area contributed by atoms with Crippen molar-refractivity contribution in [2.45, 2.75) is 45.6 Å². The van der Waals surface area contributed by atoms with E-state index in [1.165, 1.54) is 0 Å². The Morgan fingerprint density at radius 2 is 1.64 bits per heavy atom. The van der Waals surface area contributed by atoms with E-state index in [1.807, 2.05) is 56.3 Å². The molecule has 0 radical (unpaired) electrons. The molecule has 0 aromatic heterocycles. The summed E-state index contributed by atoms with van der Waals surface area (Å²) in [6.07, 6.45) is 1.50. The van der Waals surface area contributed by atoms with Gasteiger partial charge in [-0.15, -0.1) is 0 Å². The van der Waals surface area contributed by atoms with Gasteiger partial charge < -0.3 is 19.9 Å². The van der Waals surface area contributed by atoms with E-state index in [2.05, 4.69) is 10.1 Å². The Morgan fingerprint density at radius 3 is 2.26 bits per heavy atom. The van der Waals surface area contributed by atoms with Crippen LogP contribution in [0.5, 0.6) is 5.75 Å². The normalized spacial score (nSPS) is 17.6. The molecule has 0 saturated carbocycles. The van der Waals surface area contributed by atoms with E-state index >= 15 is 0 Å². The Morgan fingerprint density at radius 1 is 0.976 bits per heavy atom. The summed E-state index contributed by atoms with van der Waals surface area (Å²) in [6.45, 7) is 2.02. The number of carbonyl (C=O) groups excluding carboxylic acids is 3. The fraction of sp³-hybridized carbons (Fsp3) is 0.344. The van der Waals surface area contributed by atoms with Crippen molar-refractivity contribution in [3.05, 3.63) is 88.7 Å². The first-order valence-electron chi connectivity index (χ1n) is 13.9. The van der Waals surface area contributed by atoms with Gasteiger partial charge >= 0.3 is 6.61 Å². The Kier molecular flexibility index (Phi) is 8.51. The summed E-state index contributed by atoms with van der Waals surface area (Å²) >= 11 is 0. The van der Waals surface area contributed by atoms with Crippen LogP contribution < -0.4 is 15.0 Å². The number of halogens is 3. The SMILES string of the molecule is Cc1cccc(C)c1N1CC(C(=O)Nc2ccc(C3CCN(C(=O)c4ccc(OC(F)F)cc4F)CC3)cc2)CC1=O. The van der Waals surface area contributed by atoms with Crippen molar-refractivity contribution < 1.29 is 32.3 Å². The highest BCUT2D eigenvalue weighted by molar-refractivity contribution is 6.04. The van der Waals surface area contributed by atoms with Crippen LogP contribution in [0.25, 0.3) is 0 Å². The number of alkyl halides is 2. The maximum atomic E-state index is 14.4. The maximum Gasteiger partial charge on any atom is 0.387 e. The molecule has 0 bridgehead atoms. The second kappa shape index (κ2) is 12.3. The number of piperidine rings is 1. The van der Waals surface area contributed by atoms with Gasteiger partial charge in [-0.3, -0.25) is 14.4 Å². The number of carbonyl (C=O) groups is 3. The topological polar surface area (TPSA) is 79.0 Å². The van der Waals surface area contributed by atoms with Gasteiger partial charge in [0, 0.05) is 43.5 Å².